The number of aromatic nitrogens is 3. The van der Waals surface area contributed by atoms with Crippen molar-refractivity contribution in [2.75, 3.05) is 26.4 Å². The summed E-state index contributed by atoms with van der Waals surface area (Å²) in [5.41, 5.74) is -3.80. The van der Waals surface area contributed by atoms with E-state index in [1.54, 1.807) is 18.8 Å². The molecule has 12 nitrogen and oxygen atoms in total. The third-order valence-corrected chi connectivity index (χ3v) is 3.74. The highest BCUT2D eigenvalue weighted by atomic mass is 16.5. The molecule has 1 aromatic heterocycles. The summed E-state index contributed by atoms with van der Waals surface area (Å²) in [7, 11) is 0. The van der Waals surface area contributed by atoms with Crippen molar-refractivity contribution in [2.45, 2.75) is 38.8 Å². The number of hydrogen-bond acceptors (Lipinski definition) is 7. The molecule has 0 saturated heterocycles. The first-order valence-corrected chi connectivity index (χ1v) is 8.34. The summed E-state index contributed by atoms with van der Waals surface area (Å²) in [5.74, 6) is -2.98. The Morgan fingerprint density at radius 2 is 1.26 bits per heavy atom. The number of nitrogens with one attached hydrogen (secondary N) is 1. The number of carboxylic acids is 2. The molecule has 0 spiro atoms. The number of ether oxygens (including phenoxy) is 2. The molecule has 0 aliphatic carbocycles. The number of carboxylic acid groups (broad SMARTS) is 2. The zero-order chi connectivity index (χ0) is 20.6. The predicted octanol–water partition coefficient (Wildman–Crippen LogP) is -1.20. The number of rotatable bonds is 12. The van der Waals surface area contributed by atoms with E-state index in [2.05, 4.69) is 0 Å². The van der Waals surface area contributed by atoms with Gasteiger partial charge in [0.2, 0.25) is 0 Å². The Bertz CT molecular complexity index is 760. The molecule has 0 aromatic carbocycles. The van der Waals surface area contributed by atoms with E-state index in [0.717, 1.165) is 0 Å². The van der Waals surface area contributed by atoms with Gasteiger partial charge in [-0.3, -0.25) is 4.98 Å². The van der Waals surface area contributed by atoms with Crippen LogP contribution in [0.5, 0.6) is 0 Å². The van der Waals surface area contributed by atoms with E-state index < -0.39 is 41.1 Å². The van der Waals surface area contributed by atoms with E-state index in [1.165, 1.54) is 0 Å². The summed E-state index contributed by atoms with van der Waals surface area (Å²) >= 11 is 0. The molecule has 0 saturated carbocycles. The van der Waals surface area contributed by atoms with Gasteiger partial charge in [0, 0.05) is 39.3 Å². The standard InChI is InChI=1S/C15H23N3O9/c1-3-26-7-5-9(11(19)20)17-13(23)16-14(24)18(15(17)25)10(12(21)22)6-8-27-4-2/h9-10H,3-8H2,1-2H3,(H,19,20)(H,21,22)(H,16,23,24). The van der Waals surface area contributed by atoms with Crippen LogP contribution in [0.25, 0.3) is 0 Å². The van der Waals surface area contributed by atoms with Crippen LogP contribution < -0.4 is 17.1 Å². The first-order chi connectivity index (χ1) is 12.8. The maximum absolute atomic E-state index is 12.7. The van der Waals surface area contributed by atoms with Crippen molar-refractivity contribution in [2.24, 2.45) is 0 Å². The lowest BCUT2D eigenvalue weighted by Crippen LogP contribution is -2.54. The van der Waals surface area contributed by atoms with Gasteiger partial charge >= 0.3 is 29.0 Å². The van der Waals surface area contributed by atoms with Crippen LogP contribution in [0.3, 0.4) is 0 Å². The van der Waals surface area contributed by atoms with Crippen LogP contribution in [0.4, 0.5) is 0 Å². The Morgan fingerprint density at radius 3 is 1.56 bits per heavy atom. The minimum atomic E-state index is -1.62. The fraction of sp³-hybridized carbons (Fsp3) is 0.667. The number of hydrogen-bond donors (Lipinski definition) is 3. The average molecular weight is 389 g/mol. The fourth-order valence-electron chi connectivity index (χ4n) is 2.46. The quantitative estimate of drug-likeness (QED) is 0.372. The highest BCUT2D eigenvalue weighted by molar-refractivity contribution is 5.72. The largest absolute Gasteiger partial charge is 0.480 e. The molecule has 3 N–H and O–H groups in total. The molecule has 152 valence electrons. The van der Waals surface area contributed by atoms with Gasteiger partial charge in [-0.25, -0.2) is 33.1 Å². The Balaban J connectivity index is 3.47. The van der Waals surface area contributed by atoms with Crippen molar-refractivity contribution in [3.63, 3.8) is 0 Å². The minimum absolute atomic E-state index is 0.0504. The molecule has 27 heavy (non-hydrogen) atoms. The summed E-state index contributed by atoms with van der Waals surface area (Å²) in [6.45, 7) is 3.87. The summed E-state index contributed by atoms with van der Waals surface area (Å²) < 4.78 is 10.7. The minimum Gasteiger partial charge on any atom is -0.480 e. The van der Waals surface area contributed by atoms with Gasteiger partial charge in [-0.15, -0.1) is 0 Å². The van der Waals surface area contributed by atoms with Crippen LogP contribution in [-0.2, 0) is 19.1 Å². The fourth-order valence-corrected chi connectivity index (χ4v) is 2.46. The number of nitrogens with zero attached hydrogens (tertiary/aromatic N) is 2. The SMILES string of the molecule is CCOCCC(C(=O)O)n1c(=O)[nH]c(=O)n(C(CCOCC)C(=O)O)c1=O. The molecule has 2 unspecified atom stereocenters. The third-order valence-electron chi connectivity index (χ3n) is 3.74. The zero-order valence-corrected chi connectivity index (χ0v) is 15.0. The van der Waals surface area contributed by atoms with E-state index in [1.807, 2.05) is 0 Å². The second-order valence-corrected chi connectivity index (χ2v) is 5.44. The lowest BCUT2D eigenvalue weighted by atomic mass is 10.2. The van der Waals surface area contributed by atoms with Crippen LogP contribution in [0.2, 0.25) is 0 Å². The first kappa shape index (κ1) is 22.3. The summed E-state index contributed by atoms with van der Waals surface area (Å²) in [6.07, 6.45) is -0.442. The first-order valence-electron chi connectivity index (χ1n) is 8.34. The Morgan fingerprint density at radius 1 is 0.889 bits per heavy atom. The molecule has 2 atom stereocenters. The number of carbonyl (C=O) groups is 2. The van der Waals surface area contributed by atoms with Crippen molar-refractivity contribution in [1.29, 1.82) is 0 Å². The van der Waals surface area contributed by atoms with E-state index in [4.69, 9.17) is 9.47 Å². The van der Waals surface area contributed by atoms with Crippen LogP contribution in [0, 0.1) is 0 Å². The van der Waals surface area contributed by atoms with E-state index >= 15 is 0 Å². The summed E-state index contributed by atoms with van der Waals surface area (Å²) in [5, 5.41) is 18.7. The second-order valence-electron chi connectivity index (χ2n) is 5.44. The molecule has 1 aromatic rings. The van der Waals surface area contributed by atoms with Gasteiger partial charge in [-0.2, -0.15) is 0 Å². The topological polar surface area (TPSA) is 170 Å². The third kappa shape index (κ3) is 5.62. The molecular formula is C15H23N3O9. The molecule has 12 heteroatoms. The molecule has 0 amide bonds. The predicted molar refractivity (Wildman–Crippen MR) is 91.1 cm³/mol. The van der Waals surface area contributed by atoms with Gasteiger partial charge in [0.05, 0.1) is 0 Å². The van der Waals surface area contributed by atoms with Crippen molar-refractivity contribution < 1.29 is 29.3 Å². The lowest BCUT2D eigenvalue weighted by molar-refractivity contribution is -0.142. The molecule has 0 aliphatic rings. The zero-order valence-electron chi connectivity index (χ0n) is 15.0. The van der Waals surface area contributed by atoms with Crippen molar-refractivity contribution in [3.8, 4) is 0 Å². The summed E-state index contributed by atoms with van der Waals surface area (Å²) in [6, 6.07) is -3.25. The lowest BCUT2D eigenvalue weighted by Gasteiger charge is -2.19. The van der Waals surface area contributed by atoms with Crippen molar-refractivity contribution >= 4 is 11.9 Å². The number of aliphatic carboxylic acids is 2. The van der Waals surface area contributed by atoms with E-state index in [9.17, 15) is 34.2 Å². The molecule has 0 bridgehead atoms. The van der Waals surface area contributed by atoms with Crippen LogP contribution in [0.15, 0.2) is 14.4 Å². The van der Waals surface area contributed by atoms with Gasteiger partial charge in [-0.05, 0) is 13.8 Å². The van der Waals surface area contributed by atoms with Crippen LogP contribution >= 0.6 is 0 Å². The van der Waals surface area contributed by atoms with Crippen molar-refractivity contribution in [1.82, 2.24) is 14.1 Å². The molecule has 0 aliphatic heterocycles. The highest BCUT2D eigenvalue weighted by Crippen LogP contribution is 2.10. The smallest absolute Gasteiger partial charge is 0.337 e. The van der Waals surface area contributed by atoms with Crippen molar-refractivity contribution in [3.05, 3.63) is 31.5 Å². The molecular weight excluding hydrogens is 366 g/mol. The number of H-pyrrole nitrogens is 1. The monoisotopic (exact) mass is 389 g/mol. The molecule has 1 heterocycles. The summed E-state index contributed by atoms with van der Waals surface area (Å²) in [4.78, 5) is 61.6. The van der Waals surface area contributed by atoms with E-state index in [-0.39, 0.29) is 26.1 Å². The number of aromatic amines is 1. The molecule has 0 fully saturated rings. The van der Waals surface area contributed by atoms with Gasteiger partial charge in [0.1, 0.15) is 12.1 Å². The maximum atomic E-state index is 12.7. The van der Waals surface area contributed by atoms with Crippen LogP contribution in [0.1, 0.15) is 38.8 Å². The van der Waals surface area contributed by atoms with Gasteiger partial charge in [-0.1, -0.05) is 0 Å². The normalized spacial score (nSPS) is 13.3. The second kappa shape index (κ2) is 10.4. The Kier molecular flexibility index (Phi) is 8.62. The Hall–Kier alpha value is -2.73. The van der Waals surface area contributed by atoms with Gasteiger partial charge < -0.3 is 19.7 Å². The van der Waals surface area contributed by atoms with Gasteiger partial charge in [0.25, 0.3) is 0 Å². The molecule has 1 rings (SSSR count). The maximum Gasteiger partial charge on any atom is 0.337 e. The van der Waals surface area contributed by atoms with E-state index in [0.29, 0.717) is 22.3 Å². The average Bonchev–Trinajstić information content (AvgIpc) is 2.58. The van der Waals surface area contributed by atoms with Gasteiger partial charge in [0.15, 0.2) is 0 Å². The Labute approximate surface area is 153 Å². The molecule has 0 radical (unpaired) electrons. The highest BCUT2D eigenvalue weighted by Gasteiger charge is 2.29. The van der Waals surface area contributed by atoms with Crippen LogP contribution in [-0.4, -0.2) is 62.7 Å².